The molecule has 1 atom stereocenters. The topological polar surface area (TPSA) is 91.3 Å². The smallest absolute Gasteiger partial charge is 0.332 e. The second kappa shape index (κ2) is 6.52. The van der Waals surface area contributed by atoms with Gasteiger partial charge < -0.3 is 14.4 Å². The number of imidazole rings is 1. The van der Waals surface area contributed by atoms with Gasteiger partial charge in [0.05, 0.1) is 12.9 Å². The van der Waals surface area contributed by atoms with Crippen LogP contribution in [0.25, 0.3) is 11.2 Å². The Kier molecular flexibility index (Phi) is 4.41. The highest BCUT2D eigenvalue weighted by molar-refractivity contribution is 5.69. The summed E-state index contributed by atoms with van der Waals surface area (Å²) in [6.07, 6.45) is 0.469. The van der Waals surface area contributed by atoms with E-state index in [9.17, 15) is 19.1 Å². The van der Waals surface area contributed by atoms with Gasteiger partial charge in [-0.2, -0.15) is 0 Å². The molecule has 0 bridgehead atoms. The molecule has 132 valence electrons. The summed E-state index contributed by atoms with van der Waals surface area (Å²) in [7, 11) is 2.91. The molecule has 8 nitrogen and oxygen atoms in total. The van der Waals surface area contributed by atoms with Crippen molar-refractivity contribution in [2.45, 2.75) is 12.6 Å². The zero-order chi connectivity index (χ0) is 18.1. The minimum Gasteiger partial charge on any atom is -0.491 e. The predicted molar refractivity (Wildman–Crippen MR) is 88.1 cm³/mol. The highest BCUT2D eigenvalue weighted by Crippen LogP contribution is 2.12. The van der Waals surface area contributed by atoms with Gasteiger partial charge in [0.2, 0.25) is 0 Å². The molecule has 0 radical (unpaired) electrons. The van der Waals surface area contributed by atoms with Gasteiger partial charge in [-0.15, -0.1) is 0 Å². The third kappa shape index (κ3) is 3.18. The van der Waals surface area contributed by atoms with Crippen LogP contribution in [0, 0.1) is 5.82 Å². The standard InChI is InChI=1S/C16H17FN4O4/c1-19-14-13(15(23)20(2)16(19)24)21(9-18-14)7-11(22)8-25-12-5-3-10(17)4-6-12/h3-6,9,11,22H,7-8H2,1-2H3. The Labute approximate surface area is 141 Å². The molecule has 2 aromatic heterocycles. The van der Waals surface area contributed by atoms with Gasteiger partial charge in [-0.1, -0.05) is 0 Å². The van der Waals surface area contributed by atoms with Gasteiger partial charge in [0, 0.05) is 14.1 Å². The summed E-state index contributed by atoms with van der Waals surface area (Å²) in [6, 6.07) is 5.44. The molecule has 0 saturated heterocycles. The average molecular weight is 348 g/mol. The zero-order valence-corrected chi connectivity index (χ0v) is 13.7. The van der Waals surface area contributed by atoms with Crippen LogP contribution in [0.1, 0.15) is 0 Å². The number of nitrogens with zero attached hydrogens (tertiary/aromatic N) is 4. The van der Waals surface area contributed by atoms with Crippen molar-refractivity contribution in [2.75, 3.05) is 6.61 Å². The van der Waals surface area contributed by atoms with E-state index in [0.717, 1.165) is 4.57 Å². The van der Waals surface area contributed by atoms with Crippen LogP contribution in [0.15, 0.2) is 40.2 Å². The Bertz CT molecular complexity index is 1020. The molecule has 0 aliphatic carbocycles. The van der Waals surface area contributed by atoms with E-state index in [4.69, 9.17) is 4.74 Å². The molecule has 1 unspecified atom stereocenters. The summed E-state index contributed by atoms with van der Waals surface area (Å²) in [6.45, 7) is 0.0164. The predicted octanol–water partition coefficient (Wildman–Crippen LogP) is 0.0127. The Morgan fingerprint density at radius 1 is 1.20 bits per heavy atom. The van der Waals surface area contributed by atoms with E-state index in [1.165, 1.54) is 53.8 Å². The van der Waals surface area contributed by atoms with E-state index in [2.05, 4.69) is 4.98 Å². The van der Waals surface area contributed by atoms with Crippen molar-refractivity contribution in [2.24, 2.45) is 14.1 Å². The monoisotopic (exact) mass is 348 g/mol. The lowest BCUT2D eigenvalue weighted by Crippen LogP contribution is -2.38. The Morgan fingerprint density at radius 3 is 2.56 bits per heavy atom. The van der Waals surface area contributed by atoms with E-state index < -0.39 is 17.4 Å². The first-order valence-corrected chi connectivity index (χ1v) is 7.55. The lowest BCUT2D eigenvalue weighted by Gasteiger charge is -2.13. The van der Waals surface area contributed by atoms with Crippen LogP contribution in [-0.4, -0.2) is 36.5 Å². The van der Waals surface area contributed by atoms with Crippen molar-refractivity contribution >= 4 is 11.2 Å². The second-order valence-electron chi connectivity index (χ2n) is 5.69. The van der Waals surface area contributed by atoms with Crippen molar-refractivity contribution in [1.82, 2.24) is 18.7 Å². The number of benzene rings is 1. The highest BCUT2D eigenvalue weighted by Gasteiger charge is 2.16. The normalized spacial score (nSPS) is 12.5. The molecular formula is C16H17FN4O4. The number of aryl methyl sites for hydroxylation is 1. The quantitative estimate of drug-likeness (QED) is 0.702. The van der Waals surface area contributed by atoms with E-state index in [-0.39, 0.29) is 30.1 Å². The summed E-state index contributed by atoms with van der Waals surface area (Å²) >= 11 is 0. The van der Waals surface area contributed by atoms with E-state index in [0.29, 0.717) is 5.75 Å². The van der Waals surface area contributed by atoms with Crippen molar-refractivity contribution in [1.29, 1.82) is 0 Å². The number of ether oxygens (including phenoxy) is 1. The molecule has 2 heterocycles. The van der Waals surface area contributed by atoms with Crippen LogP contribution in [0.5, 0.6) is 5.75 Å². The molecule has 0 spiro atoms. The molecule has 25 heavy (non-hydrogen) atoms. The number of halogens is 1. The zero-order valence-electron chi connectivity index (χ0n) is 13.7. The molecule has 1 N–H and O–H groups in total. The maximum atomic E-state index is 12.8. The fourth-order valence-electron chi connectivity index (χ4n) is 2.54. The molecule has 3 aromatic rings. The SMILES string of the molecule is Cn1c(=O)c2c(ncn2CC(O)COc2ccc(F)cc2)n(C)c1=O. The van der Waals surface area contributed by atoms with Crippen molar-refractivity contribution in [3.63, 3.8) is 0 Å². The Hall–Kier alpha value is -2.94. The maximum absolute atomic E-state index is 12.8. The minimum atomic E-state index is -0.926. The average Bonchev–Trinajstić information content (AvgIpc) is 3.01. The van der Waals surface area contributed by atoms with E-state index in [1.807, 2.05) is 0 Å². The van der Waals surface area contributed by atoms with Gasteiger partial charge in [-0.25, -0.2) is 14.2 Å². The largest absolute Gasteiger partial charge is 0.491 e. The lowest BCUT2D eigenvalue weighted by molar-refractivity contribution is 0.0933. The molecule has 0 aliphatic rings. The van der Waals surface area contributed by atoms with E-state index >= 15 is 0 Å². The number of rotatable bonds is 5. The number of aliphatic hydroxyl groups excluding tert-OH is 1. The van der Waals surface area contributed by atoms with Crippen LogP contribution in [0.3, 0.4) is 0 Å². The molecule has 1 aromatic carbocycles. The molecular weight excluding hydrogens is 331 g/mol. The van der Waals surface area contributed by atoms with Gasteiger partial charge in [0.1, 0.15) is 24.3 Å². The van der Waals surface area contributed by atoms with Crippen LogP contribution in [0.2, 0.25) is 0 Å². The second-order valence-corrected chi connectivity index (χ2v) is 5.69. The van der Waals surface area contributed by atoms with Crippen LogP contribution < -0.4 is 16.0 Å². The molecule has 0 fully saturated rings. The third-order valence-corrected chi connectivity index (χ3v) is 3.88. The summed E-state index contributed by atoms with van der Waals surface area (Å²) in [5.41, 5.74) is -0.477. The number of hydrogen-bond donors (Lipinski definition) is 1. The Morgan fingerprint density at radius 2 is 1.88 bits per heavy atom. The number of aliphatic hydroxyl groups is 1. The fourth-order valence-corrected chi connectivity index (χ4v) is 2.54. The maximum Gasteiger partial charge on any atom is 0.332 e. The number of fused-ring (bicyclic) bond motifs is 1. The summed E-state index contributed by atoms with van der Waals surface area (Å²) < 4.78 is 22.0. The molecule has 9 heteroatoms. The van der Waals surface area contributed by atoms with Gasteiger partial charge >= 0.3 is 5.69 Å². The molecule has 0 aliphatic heterocycles. The first-order valence-electron chi connectivity index (χ1n) is 7.55. The minimum absolute atomic E-state index is 0.0443. The molecule has 3 rings (SSSR count). The fraction of sp³-hybridized carbons (Fsp3) is 0.312. The summed E-state index contributed by atoms with van der Waals surface area (Å²) in [5.74, 6) is 0.0495. The molecule has 0 amide bonds. The summed E-state index contributed by atoms with van der Waals surface area (Å²) in [4.78, 5) is 28.3. The Balaban J connectivity index is 1.80. The van der Waals surface area contributed by atoms with Crippen molar-refractivity contribution in [3.8, 4) is 5.75 Å². The van der Waals surface area contributed by atoms with Crippen LogP contribution in [0.4, 0.5) is 4.39 Å². The van der Waals surface area contributed by atoms with Crippen LogP contribution >= 0.6 is 0 Å². The van der Waals surface area contributed by atoms with Gasteiger partial charge in [-0.05, 0) is 24.3 Å². The van der Waals surface area contributed by atoms with Gasteiger partial charge in [-0.3, -0.25) is 13.9 Å². The first kappa shape index (κ1) is 16.9. The van der Waals surface area contributed by atoms with E-state index in [1.54, 1.807) is 0 Å². The summed E-state index contributed by atoms with van der Waals surface area (Å²) in [5, 5.41) is 10.2. The molecule has 0 saturated carbocycles. The number of hydrogen-bond acceptors (Lipinski definition) is 5. The third-order valence-electron chi connectivity index (χ3n) is 3.88. The number of aromatic nitrogens is 4. The van der Waals surface area contributed by atoms with Crippen molar-refractivity contribution in [3.05, 3.63) is 57.2 Å². The lowest BCUT2D eigenvalue weighted by atomic mass is 10.3. The van der Waals surface area contributed by atoms with Gasteiger partial charge in [0.25, 0.3) is 5.56 Å². The highest BCUT2D eigenvalue weighted by atomic mass is 19.1. The van der Waals surface area contributed by atoms with Gasteiger partial charge in [0.15, 0.2) is 11.2 Å². The van der Waals surface area contributed by atoms with Crippen LogP contribution in [-0.2, 0) is 20.6 Å². The van der Waals surface area contributed by atoms with Crippen molar-refractivity contribution < 1.29 is 14.2 Å². The first-order chi connectivity index (χ1) is 11.9.